The van der Waals surface area contributed by atoms with Crippen LogP contribution in [0.5, 0.6) is 0 Å². The lowest BCUT2D eigenvalue weighted by Crippen LogP contribution is -2.38. The van der Waals surface area contributed by atoms with Gasteiger partial charge >= 0.3 is 5.97 Å². The summed E-state index contributed by atoms with van der Waals surface area (Å²) in [5.41, 5.74) is 0. The highest BCUT2D eigenvalue weighted by Gasteiger charge is 2.54. The number of carboxylic acids is 1. The molecule has 2 fully saturated rings. The van der Waals surface area contributed by atoms with Gasteiger partial charge in [-0.2, -0.15) is 4.31 Å². The maximum atomic E-state index is 13.8. The van der Waals surface area contributed by atoms with Crippen molar-refractivity contribution in [3.05, 3.63) is 29.8 Å². The Hall–Kier alpha value is -1.54. The van der Waals surface area contributed by atoms with E-state index in [1.165, 1.54) is 0 Å². The predicted molar refractivity (Wildman–Crippen MR) is 67.9 cm³/mol. The SMILES string of the molecule is O=C(O)C1CC2CCC1N2S(=O)(=O)c1cccc(F)c1F. The topological polar surface area (TPSA) is 74.7 Å². The van der Waals surface area contributed by atoms with Gasteiger partial charge in [0.05, 0.1) is 5.92 Å². The van der Waals surface area contributed by atoms with E-state index >= 15 is 0 Å². The second-order valence-electron chi connectivity index (χ2n) is 5.37. The van der Waals surface area contributed by atoms with Crippen LogP contribution in [0.1, 0.15) is 19.3 Å². The van der Waals surface area contributed by atoms with Gasteiger partial charge in [0, 0.05) is 12.1 Å². The first-order valence-electron chi connectivity index (χ1n) is 6.54. The lowest BCUT2D eigenvalue weighted by atomic mass is 9.89. The van der Waals surface area contributed by atoms with Crippen LogP contribution in [0.3, 0.4) is 0 Å². The third-order valence-electron chi connectivity index (χ3n) is 4.26. The number of nitrogens with zero attached hydrogens (tertiary/aromatic N) is 1. The largest absolute Gasteiger partial charge is 0.481 e. The lowest BCUT2D eigenvalue weighted by molar-refractivity contribution is -0.142. The number of aliphatic carboxylic acids is 1. The van der Waals surface area contributed by atoms with E-state index in [9.17, 15) is 22.0 Å². The molecule has 1 N–H and O–H groups in total. The van der Waals surface area contributed by atoms with Crippen LogP contribution >= 0.6 is 0 Å². The number of sulfonamides is 1. The van der Waals surface area contributed by atoms with E-state index in [4.69, 9.17) is 5.11 Å². The van der Waals surface area contributed by atoms with Crippen LogP contribution in [-0.4, -0.2) is 35.9 Å². The van der Waals surface area contributed by atoms with Crippen LogP contribution in [0.25, 0.3) is 0 Å². The van der Waals surface area contributed by atoms with Crippen molar-refractivity contribution in [3.63, 3.8) is 0 Å². The molecule has 5 nitrogen and oxygen atoms in total. The Balaban J connectivity index is 2.04. The van der Waals surface area contributed by atoms with Crippen molar-refractivity contribution < 1.29 is 27.1 Å². The molecule has 2 saturated heterocycles. The summed E-state index contributed by atoms with van der Waals surface area (Å²) in [5, 5.41) is 9.13. The first kappa shape index (κ1) is 14.4. The Morgan fingerprint density at radius 2 is 2.00 bits per heavy atom. The fraction of sp³-hybridized carbons (Fsp3) is 0.462. The maximum Gasteiger partial charge on any atom is 0.308 e. The van der Waals surface area contributed by atoms with Crippen LogP contribution in [0, 0.1) is 17.6 Å². The number of halogens is 2. The molecule has 21 heavy (non-hydrogen) atoms. The molecule has 3 rings (SSSR count). The summed E-state index contributed by atoms with van der Waals surface area (Å²) in [5.74, 6) is -4.50. The molecule has 2 bridgehead atoms. The van der Waals surface area contributed by atoms with E-state index in [0.717, 1.165) is 22.5 Å². The van der Waals surface area contributed by atoms with Crippen molar-refractivity contribution in [3.8, 4) is 0 Å². The highest BCUT2D eigenvalue weighted by Crippen LogP contribution is 2.45. The van der Waals surface area contributed by atoms with Gasteiger partial charge in [-0.3, -0.25) is 4.79 Å². The number of rotatable bonds is 3. The molecule has 0 saturated carbocycles. The van der Waals surface area contributed by atoms with Gasteiger partial charge in [-0.15, -0.1) is 0 Å². The zero-order valence-electron chi connectivity index (χ0n) is 10.9. The minimum Gasteiger partial charge on any atom is -0.481 e. The number of benzene rings is 1. The highest BCUT2D eigenvalue weighted by molar-refractivity contribution is 7.89. The fourth-order valence-corrected chi connectivity index (χ4v) is 5.37. The molecular formula is C13H13F2NO4S. The van der Waals surface area contributed by atoms with E-state index in [2.05, 4.69) is 0 Å². The minimum atomic E-state index is -4.24. The molecule has 0 radical (unpaired) electrons. The summed E-state index contributed by atoms with van der Waals surface area (Å²) < 4.78 is 53.2. The zero-order valence-corrected chi connectivity index (χ0v) is 11.7. The Labute approximate surface area is 120 Å². The van der Waals surface area contributed by atoms with Gasteiger partial charge in [0.25, 0.3) is 0 Å². The van der Waals surface area contributed by atoms with E-state index in [-0.39, 0.29) is 6.42 Å². The summed E-state index contributed by atoms with van der Waals surface area (Å²) in [7, 11) is -4.24. The summed E-state index contributed by atoms with van der Waals surface area (Å²) in [6.45, 7) is 0. The van der Waals surface area contributed by atoms with Gasteiger partial charge in [-0.05, 0) is 31.4 Å². The van der Waals surface area contributed by atoms with Crippen molar-refractivity contribution >= 4 is 16.0 Å². The van der Waals surface area contributed by atoms with Gasteiger partial charge in [0.2, 0.25) is 10.0 Å². The molecule has 0 spiro atoms. The van der Waals surface area contributed by atoms with Crippen molar-refractivity contribution in [1.29, 1.82) is 0 Å². The average Bonchev–Trinajstić information content (AvgIpc) is 2.99. The molecule has 1 aromatic carbocycles. The van der Waals surface area contributed by atoms with Gasteiger partial charge in [0.1, 0.15) is 4.90 Å². The lowest BCUT2D eigenvalue weighted by Gasteiger charge is -2.22. The van der Waals surface area contributed by atoms with Crippen LogP contribution in [0.15, 0.2) is 23.1 Å². The zero-order chi connectivity index (χ0) is 15.4. The number of fused-ring (bicyclic) bond motifs is 2. The number of hydrogen-bond acceptors (Lipinski definition) is 3. The second-order valence-corrected chi connectivity index (χ2v) is 7.18. The molecule has 1 aromatic rings. The molecule has 0 aliphatic carbocycles. The van der Waals surface area contributed by atoms with Gasteiger partial charge in [-0.1, -0.05) is 6.07 Å². The number of hydrogen-bond donors (Lipinski definition) is 1. The number of carboxylic acid groups (broad SMARTS) is 1. The molecular weight excluding hydrogens is 304 g/mol. The average molecular weight is 317 g/mol. The van der Waals surface area contributed by atoms with Crippen LogP contribution < -0.4 is 0 Å². The van der Waals surface area contributed by atoms with Crippen LogP contribution in [0.2, 0.25) is 0 Å². The van der Waals surface area contributed by atoms with Crippen LogP contribution in [-0.2, 0) is 14.8 Å². The normalized spacial score (nSPS) is 29.0. The third kappa shape index (κ3) is 2.04. The Bertz CT molecular complexity index is 706. The first-order chi connectivity index (χ1) is 9.84. The predicted octanol–water partition coefficient (Wildman–Crippen LogP) is 1.59. The van der Waals surface area contributed by atoms with Gasteiger partial charge < -0.3 is 5.11 Å². The van der Waals surface area contributed by atoms with E-state index < -0.39 is 50.5 Å². The molecule has 2 aliphatic heterocycles. The summed E-state index contributed by atoms with van der Waals surface area (Å²) >= 11 is 0. The maximum absolute atomic E-state index is 13.8. The van der Waals surface area contributed by atoms with Crippen molar-refractivity contribution in [2.24, 2.45) is 5.92 Å². The molecule has 2 heterocycles. The Morgan fingerprint density at radius 3 is 2.62 bits per heavy atom. The van der Waals surface area contributed by atoms with Crippen molar-refractivity contribution in [2.45, 2.75) is 36.2 Å². The smallest absolute Gasteiger partial charge is 0.308 e. The van der Waals surface area contributed by atoms with Crippen LogP contribution in [0.4, 0.5) is 8.78 Å². The molecule has 0 amide bonds. The molecule has 3 unspecified atom stereocenters. The molecule has 8 heteroatoms. The fourth-order valence-electron chi connectivity index (χ4n) is 3.38. The van der Waals surface area contributed by atoms with Gasteiger partial charge in [-0.25, -0.2) is 17.2 Å². The quantitative estimate of drug-likeness (QED) is 0.919. The monoisotopic (exact) mass is 317 g/mol. The van der Waals surface area contributed by atoms with E-state index in [0.29, 0.717) is 12.8 Å². The second kappa shape index (κ2) is 4.74. The minimum absolute atomic E-state index is 0.218. The van der Waals surface area contributed by atoms with Gasteiger partial charge in [0.15, 0.2) is 11.6 Å². The summed E-state index contributed by atoms with van der Waals surface area (Å²) in [6.07, 6.45) is 1.19. The first-order valence-corrected chi connectivity index (χ1v) is 7.98. The third-order valence-corrected chi connectivity index (χ3v) is 6.26. The molecule has 114 valence electrons. The van der Waals surface area contributed by atoms with Crippen molar-refractivity contribution in [2.75, 3.05) is 0 Å². The number of carbonyl (C=O) groups is 1. The van der Waals surface area contributed by atoms with E-state index in [1.807, 2.05) is 0 Å². The molecule has 0 aromatic heterocycles. The Morgan fingerprint density at radius 1 is 1.29 bits per heavy atom. The Kier molecular flexibility index (Phi) is 3.25. The summed E-state index contributed by atoms with van der Waals surface area (Å²) in [4.78, 5) is 10.4. The molecule has 2 aliphatic rings. The molecule has 3 atom stereocenters. The van der Waals surface area contributed by atoms with E-state index in [1.54, 1.807) is 0 Å². The summed E-state index contributed by atoms with van der Waals surface area (Å²) in [6, 6.07) is 1.83. The highest BCUT2D eigenvalue weighted by atomic mass is 32.2. The standard InChI is InChI=1S/C13H13F2NO4S/c14-9-2-1-3-11(12(9)15)21(19,20)16-7-4-5-10(16)8(6-7)13(17)18/h1-3,7-8,10H,4-6H2,(H,17,18). The van der Waals surface area contributed by atoms with Crippen molar-refractivity contribution in [1.82, 2.24) is 4.31 Å².